The van der Waals surface area contributed by atoms with E-state index in [1.54, 1.807) is 11.9 Å². The summed E-state index contributed by atoms with van der Waals surface area (Å²) in [7, 11) is 0. The highest BCUT2D eigenvalue weighted by molar-refractivity contribution is 5.82. The van der Waals surface area contributed by atoms with E-state index >= 15 is 0 Å². The molecule has 4 nitrogen and oxygen atoms in total. The zero-order valence-corrected chi connectivity index (χ0v) is 17.5. The topological polar surface area (TPSA) is 50.4 Å². The molecule has 2 fully saturated rings. The Morgan fingerprint density at radius 3 is 2.83 bits per heavy atom. The standard InChI is InChI=1S/C25H31N3O/c1-24-10-7-17(29)13-16(24)3-4-18-20-5-6-21(25(20,2)11-8-22(18)24)19-14-27-28-15-26-12-9-23(19)28/h3,6,9,12,14-15,17-18,20,22,29H,4-5,7-8,10-11,13H2,1-2H3/t17-,18?,20?,22?,24-,25-/m0/s1. The molecule has 3 unspecified atom stereocenters. The Labute approximate surface area is 172 Å². The van der Waals surface area contributed by atoms with Crippen LogP contribution in [-0.2, 0) is 0 Å². The van der Waals surface area contributed by atoms with E-state index in [1.165, 1.54) is 42.3 Å². The van der Waals surface area contributed by atoms with E-state index in [0.29, 0.717) is 5.41 Å². The minimum absolute atomic E-state index is 0.121. The Morgan fingerprint density at radius 2 is 1.93 bits per heavy atom. The SMILES string of the molecule is C[C@]12CC[C@H](O)CC1=CCC1C2CC[C@]2(C)C(c3cnn4cnccc34)=CCC12. The predicted molar refractivity (Wildman–Crippen MR) is 114 cm³/mol. The van der Waals surface area contributed by atoms with Gasteiger partial charge in [-0.15, -0.1) is 0 Å². The molecule has 6 atom stereocenters. The summed E-state index contributed by atoms with van der Waals surface area (Å²) in [6.07, 6.45) is 18.6. The molecule has 29 heavy (non-hydrogen) atoms. The largest absolute Gasteiger partial charge is 0.393 e. The van der Waals surface area contributed by atoms with Gasteiger partial charge in [-0.2, -0.15) is 5.10 Å². The fourth-order valence-electron chi connectivity index (χ4n) is 7.68. The van der Waals surface area contributed by atoms with Crippen molar-refractivity contribution in [2.24, 2.45) is 28.6 Å². The summed E-state index contributed by atoms with van der Waals surface area (Å²) in [5.74, 6) is 2.25. The lowest BCUT2D eigenvalue weighted by Gasteiger charge is -2.57. The van der Waals surface area contributed by atoms with Crippen LogP contribution in [0.15, 0.2) is 42.5 Å². The van der Waals surface area contributed by atoms with Crippen molar-refractivity contribution in [3.63, 3.8) is 0 Å². The first-order chi connectivity index (χ1) is 14.0. The second-order valence-electron chi connectivity index (χ2n) is 10.4. The zero-order chi connectivity index (χ0) is 19.8. The number of hydrogen-bond acceptors (Lipinski definition) is 3. The van der Waals surface area contributed by atoms with E-state index in [1.807, 2.05) is 16.9 Å². The summed E-state index contributed by atoms with van der Waals surface area (Å²) in [6.45, 7) is 5.02. The van der Waals surface area contributed by atoms with Gasteiger partial charge in [-0.3, -0.25) is 0 Å². The van der Waals surface area contributed by atoms with E-state index in [-0.39, 0.29) is 11.5 Å². The van der Waals surface area contributed by atoms with Crippen LogP contribution < -0.4 is 0 Å². The van der Waals surface area contributed by atoms with Crippen LogP contribution in [0.4, 0.5) is 0 Å². The van der Waals surface area contributed by atoms with Gasteiger partial charge in [0.1, 0.15) is 6.33 Å². The third-order valence-electron chi connectivity index (χ3n) is 9.28. The average Bonchev–Trinajstić information content (AvgIpc) is 3.29. The minimum Gasteiger partial charge on any atom is -0.393 e. The highest BCUT2D eigenvalue weighted by Gasteiger charge is 2.56. The maximum Gasteiger partial charge on any atom is 0.117 e. The number of aliphatic hydroxyl groups excluding tert-OH is 1. The molecule has 0 bridgehead atoms. The number of allylic oxidation sites excluding steroid dienone is 3. The van der Waals surface area contributed by atoms with Gasteiger partial charge in [0.2, 0.25) is 0 Å². The van der Waals surface area contributed by atoms with Gasteiger partial charge in [-0.1, -0.05) is 31.6 Å². The molecule has 6 rings (SSSR count). The highest BCUT2D eigenvalue weighted by Crippen LogP contribution is 2.66. The molecule has 4 heteroatoms. The quantitative estimate of drug-likeness (QED) is 0.695. The van der Waals surface area contributed by atoms with Crippen molar-refractivity contribution < 1.29 is 5.11 Å². The number of hydrogen-bond donors (Lipinski definition) is 1. The monoisotopic (exact) mass is 389 g/mol. The van der Waals surface area contributed by atoms with Crippen LogP contribution in [0.2, 0.25) is 0 Å². The molecule has 1 N–H and O–H groups in total. The van der Waals surface area contributed by atoms with Gasteiger partial charge in [0.25, 0.3) is 0 Å². The molecule has 0 amide bonds. The molecular formula is C25H31N3O. The molecule has 0 spiro atoms. The van der Waals surface area contributed by atoms with Gasteiger partial charge in [0.15, 0.2) is 0 Å². The Balaban J connectivity index is 1.36. The molecule has 2 saturated carbocycles. The van der Waals surface area contributed by atoms with Gasteiger partial charge >= 0.3 is 0 Å². The van der Waals surface area contributed by atoms with Gasteiger partial charge in [-0.05, 0) is 85.2 Å². The third-order valence-corrected chi connectivity index (χ3v) is 9.28. The molecule has 0 aliphatic heterocycles. The maximum absolute atomic E-state index is 10.2. The van der Waals surface area contributed by atoms with Crippen molar-refractivity contribution in [2.75, 3.05) is 0 Å². The summed E-state index contributed by atoms with van der Waals surface area (Å²) in [5, 5.41) is 14.8. The lowest BCUT2D eigenvalue weighted by Crippen LogP contribution is -2.49. The fraction of sp³-hybridized carbons (Fsp3) is 0.600. The van der Waals surface area contributed by atoms with Crippen molar-refractivity contribution in [1.29, 1.82) is 0 Å². The van der Waals surface area contributed by atoms with Crippen LogP contribution in [0.1, 0.15) is 64.4 Å². The second-order valence-corrected chi connectivity index (χ2v) is 10.4. The first kappa shape index (κ1) is 17.9. The van der Waals surface area contributed by atoms with E-state index in [4.69, 9.17) is 0 Å². The molecule has 0 aromatic carbocycles. The molecule has 4 aliphatic rings. The minimum atomic E-state index is -0.121. The van der Waals surface area contributed by atoms with Gasteiger partial charge in [0.05, 0.1) is 17.8 Å². The first-order valence-electron chi connectivity index (χ1n) is 11.4. The Morgan fingerprint density at radius 1 is 1.07 bits per heavy atom. The van der Waals surface area contributed by atoms with Crippen molar-refractivity contribution in [2.45, 2.75) is 64.9 Å². The molecular weight excluding hydrogens is 358 g/mol. The van der Waals surface area contributed by atoms with Crippen LogP contribution in [0.5, 0.6) is 0 Å². The Hall–Kier alpha value is -1.94. The first-order valence-corrected chi connectivity index (χ1v) is 11.4. The number of nitrogens with zero attached hydrogens (tertiary/aromatic N) is 3. The number of rotatable bonds is 1. The van der Waals surface area contributed by atoms with E-state index in [9.17, 15) is 5.11 Å². The lowest BCUT2D eigenvalue weighted by molar-refractivity contribution is -0.0237. The lowest BCUT2D eigenvalue weighted by atomic mass is 9.47. The van der Waals surface area contributed by atoms with E-state index in [2.05, 4.69) is 42.1 Å². The Kier molecular flexibility index (Phi) is 3.72. The summed E-state index contributed by atoms with van der Waals surface area (Å²) in [6, 6.07) is 2.09. The Bertz CT molecular complexity index is 1040. The number of fused-ring (bicyclic) bond motifs is 6. The van der Waals surface area contributed by atoms with Gasteiger partial charge < -0.3 is 5.11 Å². The van der Waals surface area contributed by atoms with Crippen LogP contribution in [-0.4, -0.2) is 25.8 Å². The van der Waals surface area contributed by atoms with Crippen LogP contribution in [0, 0.1) is 28.6 Å². The number of aliphatic hydroxyl groups is 1. The molecule has 4 aliphatic carbocycles. The maximum atomic E-state index is 10.2. The van der Waals surface area contributed by atoms with Gasteiger partial charge in [-0.25, -0.2) is 9.50 Å². The molecule has 2 heterocycles. The zero-order valence-electron chi connectivity index (χ0n) is 17.5. The summed E-state index contributed by atoms with van der Waals surface area (Å²) < 4.78 is 1.91. The summed E-state index contributed by atoms with van der Waals surface area (Å²) in [5.41, 5.74) is 6.10. The van der Waals surface area contributed by atoms with E-state index in [0.717, 1.165) is 37.0 Å². The van der Waals surface area contributed by atoms with Gasteiger partial charge in [0, 0.05) is 11.8 Å². The van der Waals surface area contributed by atoms with E-state index < -0.39 is 0 Å². The predicted octanol–water partition coefficient (Wildman–Crippen LogP) is 5.05. The molecule has 2 aromatic rings. The van der Waals surface area contributed by atoms with Crippen LogP contribution in [0.3, 0.4) is 0 Å². The number of aromatic nitrogens is 3. The second kappa shape index (κ2) is 6.04. The summed E-state index contributed by atoms with van der Waals surface area (Å²) >= 11 is 0. The third kappa shape index (κ3) is 2.35. The molecule has 0 saturated heterocycles. The van der Waals surface area contributed by atoms with Crippen molar-refractivity contribution in [3.05, 3.63) is 48.1 Å². The van der Waals surface area contributed by atoms with Crippen LogP contribution in [0.25, 0.3) is 11.1 Å². The normalized spacial score (nSPS) is 41.3. The summed E-state index contributed by atoms with van der Waals surface area (Å²) in [4.78, 5) is 4.21. The van der Waals surface area contributed by atoms with Crippen LogP contribution >= 0.6 is 0 Å². The fourth-order valence-corrected chi connectivity index (χ4v) is 7.68. The smallest absolute Gasteiger partial charge is 0.117 e. The van der Waals surface area contributed by atoms with Crippen molar-refractivity contribution >= 4 is 11.1 Å². The van der Waals surface area contributed by atoms with Crippen molar-refractivity contribution in [1.82, 2.24) is 14.6 Å². The highest BCUT2D eigenvalue weighted by atomic mass is 16.3. The average molecular weight is 390 g/mol. The molecule has 2 aromatic heterocycles. The molecule has 152 valence electrons. The molecule has 0 radical (unpaired) electrons. The van der Waals surface area contributed by atoms with Crippen molar-refractivity contribution in [3.8, 4) is 0 Å².